The number of fused-ring (bicyclic) bond motifs is 1. The summed E-state index contributed by atoms with van der Waals surface area (Å²) in [6.07, 6.45) is 2.84. The minimum Gasteiger partial charge on any atom is -0.339 e. The number of benzene rings is 2. The summed E-state index contributed by atoms with van der Waals surface area (Å²) in [5, 5.41) is 7.63. The first-order valence-electron chi connectivity index (χ1n) is 8.84. The average molecular weight is 333 g/mol. The van der Waals surface area contributed by atoms with Gasteiger partial charge in [-0.1, -0.05) is 41.6 Å². The minimum atomic E-state index is 0.428. The van der Waals surface area contributed by atoms with Gasteiger partial charge in [0, 0.05) is 11.6 Å². The molecule has 0 radical (unpaired) electrons. The van der Waals surface area contributed by atoms with Crippen LogP contribution in [0.25, 0.3) is 11.4 Å². The van der Waals surface area contributed by atoms with Gasteiger partial charge in [-0.2, -0.15) is 4.98 Å². The highest BCUT2D eigenvalue weighted by atomic mass is 16.5. The lowest BCUT2D eigenvalue weighted by atomic mass is 10.0. The Kier molecular flexibility index (Phi) is 4.14. The fourth-order valence-electron chi connectivity index (χ4n) is 3.69. The summed E-state index contributed by atoms with van der Waals surface area (Å²) >= 11 is 0. The molecule has 1 aliphatic rings. The molecule has 0 fully saturated rings. The van der Waals surface area contributed by atoms with Gasteiger partial charge in [-0.3, -0.25) is 0 Å². The van der Waals surface area contributed by atoms with Gasteiger partial charge in [-0.05, 0) is 61.6 Å². The summed E-state index contributed by atoms with van der Waals surface area (Å²) in [5.74, 6) is 1.37. The van der Waals surface area contributed by atoms with Gasteiger partial charge in [0.05, 0.1) is 6.42 Å². The predicted molar refractivity (Wildman–Crippen MR) is 98.6 cm³/mol. The van der Waals surface area contributed by atoms with Gasteiger partial charge < -0.3 is 9.84 Å². The quantitative estimate of drug-likeness (QED) is 0.779. The molecule has 3 aromatic rings. The third-order valence-corrected chi connectivity index (χ3v) is 5.25. The second-order valence-corrected chi connectivity index (χ2v) is 6.86. The zero-order chi connectivity index (χ0) is 17.4. The highest BCUT2D eigenvalue weighted by Crippen LogP contribution is 2.36. The topological polar surface area (TPSA) is 51.0 Å². The van der Waals surface area contributed by atoms with Crippen molar-refractivity contribution in [1.82, 2.24) is 15.5 Å². The lowest BCUT2D eigenvalue weighted by Crippen LogP contribution is -2.12. The van der Waals surface area contributed by atoms with Crippen molar-refractivity contribution in [3.63, 3.8) is 0 Å². The van der Waals surface area contributed by atoms with Crippen molar-refractivity contribution in [1.29, 1.82) is 0 Å². The van der Waals surface area contributed by atoms with Gasteiger partial charge in [0.1, 0.15) is 0 Å². The van der Waals surface area contributed by atoms with E-state index in [0.29, 0.717) is 24.2 Å². The van der Waals surface area contributed by atoms with Crippen LogP contribution in [-0.4, -0.2) is 17.2 Å². The van der Waals surface area contributed by atoms with Crippen LogP contribution in [0, 0.1) is 13.8 Å². The van der Waals surface area contributed by atoms with Crippen LogP contribution < -0.4 is 5.32 Å². The SMILES string of the molecule is CN[C@@H]1CCc2c(-c3noc(Cc4ccc(C)c(C)c4)n3)cccc21. The van der Waals surface area contributed by atoms with Crippen LogP contribution in [0.4, 0.5) is 0 Å². The molecule has 4 heteroatoms. The number of nitrogens with one attached hydrogen (secondary N) is 1. The molecule has 0 aliphatic heterocycles. The molecule has 4 rings (SSSR count). The smallest absolute Gasteiger partial charge is 0.231 e. The summed E-state index contributed by atoms with van der Waals surface area (Å²) in [6, 6.07) is 13.3. The molecule has 0 bridgehead atoms. The van der Waals surface area contributed by atoms with Gasteiger partial charge in [0.15, 0.2) is 0 Å². The van der Waals surface area contributed by atoms with E-state index < -0.39 is 0 Å². The van der Waals surface area contributed by atoms with E-state index in [1.165, 1.54) is 27.8 Å². The third kappa shape index (κ3) is 2.98. The molecule has 4 nitrogen and oxygen atoms in total. The van der Waals surface area contributed by atoms with E-state index in [0.717, 1.165) is 18.4 Å². The molecule has 0 spiro atoms. The van der Waals surface area contributed by atoms with Crippen molar-refractivity contribution < 1.29 is 4.52 Å². The van der Waals surface area contributed by atoms with Crippen molar-refractivity contribution in [2.75, 3.05) is 7.05 Å². The number of aryl methyl sites for hydroxylation is 2. The normalized spacial score (nSPS) is 16.2. The molecule has 25 heavy (non-hydrogen) atoms. The summed E-state index contributed by atoms with van der Waals surface area (Å²) in [7, 11) is 2.02. The molecule has 0 unspecified atom stereocenters. The fourth-order valence-corrected chi connectivity index (χ4v) is 3.69. The van der Waals surface area contributed by atoms with E-state index in [1.54, 1.807) is 0 Å². The van der Waals surface area contributed by atoms with E-state index in [-0.39, 0.29) is 0 Å². The fraction of sp³-hybridized carbons (Fsp3) is 0.333. The lowest BCUT2D eigenvalue weighted by molar-refractivity contribution is 0.385. The molecule has 1 aromatic heterocycles. The van der Waals surface area contributed by atoms with E-state index in [9.17, 15) is 0 Å². The Hall–Kier alpha value is -2.46. The van der Waals surface area contributed by atoms with Crippen molar-refractivity contribution in [3.8, 4) is 11.4 Å². The zero-order valence-corrected chi connectivity index (χ0v) is 15.0. The van der Waals surface area contributed by atoms with Crippen molar-refractivity contribution in [3.05, 3.63) is 70.1 Å². The van der Waals surface area contributed by atoms with Crippen LogP contribution in [0.15, 0.2) is 40.9 Å². The summed E-state index contributed by atoms with van der Waals surface area (Å²) < 4.78 is 5.53. The van der Waals surface area contributed by atoms with Gasteiger partial charge in [0.25, 0.3) is 0 Å². The molecule has 1 aliphatic carbocycles. The van der Waals surface area contributed by atoms with Gasteiger partial charge in [0.2, 0.25) is 11.7 Å². The Morgan fingerprint density at radius 1 is 1.16 bits per heavy atom. The summed E-state index contributed by atoms with van der Waals surface area (Å²) in [6.45, 7) is 4.25. The Morgan fingerprint density at radius 2 is 2.04 bits per heavy atom. The molecular formula is C21H23N3O. The molecule has 1 atom stereocenters. The summed E-state index contributed by atoms with van der Waals surface area (Å²) in [5.41, 5.74) is 7.60. The van der Waals surface area contributed by atoms with Crippen LogP contribution in [-0.2, 0) is 12.8 Å². The minimum absolute atomic E-state index is 0.428. The average Bonchev–Trinajstić information content (AvgIpc) is 3.24. The Bertz CT molecular complexity index is 913. The molecule has 0 amide bonds. The molecule has 0 saturated heterocycles. The third-order valence-electron chi connectivity index (χ3n) is 5.25. The van der Waals surface area contributed by atoms with E-state index >= 15 is 0 Å². The molecule has 128 valence electrons. The number of hydrogen-bond acceptors (Lipinski definition) is 4. The summed E-state index contributed by atoms with van der Waals surface area (Å²) in [4.78, 5) is 4.66. The van der Waals surface area contributed by atoms with Gasteiger partial charge in [-0.25, -0.2) is 0 Å². The Balaban J connectivity index is 1.62. The number of hydrogen-bond donors (Lipinski definition) is 1. The van der Waals surface area contributed by atoms with E-state index in [4.69, 9.17) is 4.52 Å². The van der Waals surface area contributed by atoms with Crippen molar-refractivity contribution in [2.45, 2.75) is 39.2 Å². The molecule has 1 heterocycles. The van der Waals surface area contributed by atoms with E-state index in [1.807, 2.05) is 7.05 Å². The van der Waals surface area contributed by atoms with E-state index in [2.05, 4.69) is 65.7 Å². The van der Waals surface area contributed by atoms with Gasteiger partial charge >= 0.3 is 0 Å². The van der Waals surface area contributed by atoms with Crippen LogP contribution in [0.5, 0.6) is 0 Å². The lowest BCUT2D eigenvalue weighted by Gasteiger charge is -2.10. The van der Waals surface area contributed by atoms with Crippen molar-refractivity contribution in [2.24, 2.45) is 0 Å². The Labute approximate surface area is 148 Å². The maximum absolute atomic E-state index is 5.53. The van der Waals surface area contributed by atoms with Crippen LogP contribution in [0.3, 0.4) is 0 Å². The van der Waals surface area contributed by atoms with Gasteiger partial charge in [-0.15, -0.1) is 0 Å². The Morgan fingerprint density at radius 3 is 2.84 bits per heavy atom. The first-order valence-corrected chi connectivity index (χ1v) is 8.84. The zero-order valence-electron chi connectivity index (χ0n) is 15.0. The molecular weight excluding hydrogens is 310 g/mol. The van der Waals surface area contributed by atoms with Crippen molar-refractivity contribution >= 4 is 0 Å². The van der Waals surface area contributed by atoms with Crippen LogP contribution in [0.2, 0.25) is 0 Å². The molecule has 2 aromatic carbocycles. The maximum Gasteiger partial charge on any atom is 0.231 e. The second-order valence-electron chi connectivity index (χ2n) is 6.86. The standard InChI is InChI=1S/C21H23N3O/c1-13-7-8-15(11-14(13)2)12-20-23-21(24-25-20)18-6-4-5-17-16(18)9-10-19(17)22-3/h4-8,11,19,22H,9-10,12H2,1-3H3/t19-/m1/s1. The molecule has 1 N–H and O–H groups in total. The number of rotatable bonds is 4. The first kappa shape index (κ1) is 16.0. The highest BCUT2D eigenvalue weighted by Gasteiger charge is 2.25. The van der Waals surface area contributed by atoms with Crippen LogP contribution >= 0.6 is 0 Å². The first-order chi connectivity index (χ1) is 12.2. The number of aromatic nitrogens is 2. The highest BCUT2D eigenvalue weighted by molar-refractivity contribution is 5.63. The maximum atomic E-state index is 5.53. The number of nitrogens with zero attached hydrogens (tertiary/aromatic N) is 2. The predicted octanol–water partition coefficient (Wildman–Crippen LogP) is 4.15. The second kappa shape index (κ2) is 6.45. The van der Waals surface area contributed by atoms with Crippen LogP contribution in [0.1, 0.15) is 46.2 Å². The largest absolute Gasteiger partial charge is 0.339 e. The molecule has 0 saturated carbocycles. The monoisotopic (exact) mass is 333 g/mol.